The van der Waals surface area contributed by atoms with Crippen molar-refractivity contribution in [3.05, 3.63) is 203 Å². The van der Waals surface area contributed by atoms with Crippen molar-refractivity contribution in [3.63, 3.8) is 0 Å². The lowest BCUT2D eigenvalue weighted by Gasteiger charge is -2.40. The quantitative estimate of drug-likeness (QED) is 0.175. The number of nitrogens with zero attached hydrogens (tertiary/aromatic N) is 1. The lowest BCUT2D eigenvalue weighted by atomic mass is 9.61. The van der Waals surface area contributed by atoms with E-state index < -0.39 is 0 Å². The molecule has 0 aliphatic heterocycles. The highest BCUT2D eigenvalue weighted by atomic mass is 14.7. The lowest BCUT2D eigenvalue weighted by molar-refractivity contribution is 0.722. The molecule has 0 aromatic heterocycles. The van der Waals surface area contributed by atoms with Crippen LogP contribution in [0.25, 0.3) is 44.5 Å². The molecular weight excluding hydrogens is 567 g/mol. The van der Waals surface area contributed by atoms with Crippen LogP contribution in [-0.4, -0.2) is 6.72 Å². The van der Waals surface area contributed by atoms with Gasteiger partial charge in [-0.25, -0.2) is 0 Å². The fourth-order valence-corrected chi connectivity index (χ4v) is 8.26. The lowest BCUT2D eigenvalue weighted by Crippen LogP contribution is -2.34. The Morgan fingerprint density at radius 1 is 0.426 bits per heavy atom. The highest BCUT2D eigenvalue weighted by molar-refractivity contribution is 5.89. The summed E-state index contributed by atoms with van der Waals surface area (Å²) in [4.78, 5) is 4.18. The molecule has 0 bridgehead atoms. The summed E-state index contributed by atoms with van der Waals surface area (Å²) in [5.41, 5.74) is 19.1. The zero-order valence-corrected chi connectivity index (χ0v) is 26.2. The summed E-state index contributed by atoms with van der Waals surface area (Å²) >= 11 is 0. The first-order valence-corrected chi connectivity index (χ1v) is 16.4. The largest absolute Gasteiger partial charge is 0.296 e. The first-order valence-electron chi connectivity index (χ1n) is 16.4. The van der Waals surface area contributed by atoms with Crippen LogP contribution in [0.4, 0.5) is 0 Å². The standard InChI is InChI=1S/C46H33N/c1-47-30-31-22-25-38(32-12-3-2-4-13-32)41(26-31)35-16-11-15-33(27-35)34-23-24-37-28-36-14-5-8-19-42(36)46(45(37)29-34)43-20-9-6-17-39(43)40-18-7-10-21-44(40)46/h2-27,29H,1,28,30H2. The van der Waals surface area contributed by atoms with Crippen molar-refractivity contribution in [2.45, 2.75) is 18.4 Å². The van der Waals surface area contributed by atoms with Crippen LogP contribution in [0.1, 0.15) is 38.9 Å². The third kappa shape index (κ3) is 4.20. The van der Waals surface area contributed by atoms with Gasteiger partial charge in [-0.3, -0.25) is 4.99 Å². The molecule has 0 radical (unpaired) electrons. The second-order valence-corrected chi connectivity index (χ2v) is 12.8. The molecule has 0 heterocycles. The van der Waals surface area contributed by atoms with Crippen LogP contribution in [0, 0.1) is 0 Å². The first kappa shape index (κ1) is 27.5. The molecule has 0 unspecified atom stereocenters. The van der Waals surface area contributed by atoms with Crippen LogP contribution in [-0.2, 0) is 18.4 Å². The summed E-state index contributed by atoms with van der Waals surface area (Å²) in [6.45, 7) is 4.35. The minimum Gasteiger partial charge on any atom is -0.296 e. The molecule has 0 N–H and O–H groups in total. The molecule has 7 aromatic carbocycles. The Bertz CT molecular complexity index is 2280. The average molecular weight is 600 g/mol. The van der Waals surface area contributed by atoms with Crippen molar-refractivity contribution in [2.24, 2.45) is 4.99 Å². The SMILES string of the molecule is C=NCc1ccc(-c2ccccc2)c(-c2cccc(-c3ccc4c(c3)C3(c5ccccc5C4)c4ccccc4-c4ccccc43)c2)c1. The molecule has 1 nitrogen and oxygen atoms in total. The molecule has 2 aliphatic rings. The molecule has 0 saturated carbocycles. The summed E-state index contributed by atoms with van der Waals surface area (Å²) in [7, 11) is 0. The Labute approximate surface area is 276 Å². The summed E-state index contributed by atoms with van der Waals surface area (Å²) in [5, 5.41) is 0. The average Bonchev–Trinajstić information content (AvgIpc) is 3.43. The zero-order chi connectivity index (χ0) is 31.4. The molecule has 0 saturated heterocycles. The second-order valence-electron chi connectivity index (χ2n) is 12.8. The molecule has 0 amide bonds. The van der Waals surface area contributed by atoms with Crippen LogP contribution in [0.2, 0.25) is 0 Å². The molecule has 9 rings (SSSR count). The monoisotopic (exact) mass is 599 g/mol. The van der Waals surface area contributed by atoms with Gasteiger partial charge in [-0.1, -0.05) is 146 Å². The molecule has 1 heteroatoms. The van der Waals surface area contributed by atoms with E-state index in [2.05, 4.69) is 176 Å². The zero-order valence-electron chi connectivity index (χ0n) is 26.2. The van der Waals surface area contributed by atoms with Gasteiger partial charge in [0.2, 0.25) is 0 Å². The van der Waals surface area contributed by atoms with Crippen LogP contribution < -0.4 is 0 Å². The van der Waals surface area contributed by atoms with Crippen LogP contribution in [0.5, 0.6) is 0 Å². The third-order valence-electron chi connectivity index (χ3n) is 10.2. The van der Waals surface area contributed by atoms with Gasteiger partial charge in [0.15, 0.2) is 0 Å². The number of hydrogen-bond donors (Lipinski definition) is 0. The van der Waals surface area contributed by atoms with Crippen molar-refractivity contribution in [1.82, 2.24) is 0 Å². The molecule has 222 valence electrons. The Hall–Kier alpha value is -5.79. The van der Waals surface area contributed by atoms with Crippen LogP contribution in [0.15, 0.2) is 169 Å². The molecule has 2 aliphatic carbocycles. The van der Waals surface area contributed by atoms with Gasteiger partial charge in [0, 0.05) is 0 Å². The smallest absolute Gasteiger partial charge is 0.0719 e. The van der Waals surface area contributed by atoms with Crippen molar-refractivity contribution in [2.75, 3.05) is 0 Å². The summed E-state index contributed by atoms with van der Waals surface area (Å²) in [5.74, 6) is 0. The predicted octanol–water partition coefficient (Wildman–Crippen LogP) is 11.2. The number of aliphatic imine (C=N–C) groups is 1. The van der Waals surface area contributed by atoms with Gasteiger partial charge in [0.05, 0.1) is 12.0 Å². The molecule has 7 aromatic rings. The Morgan fingerprint density at radius 3 is 1.81 bits per heavy atom. The number of rotatable bonds is 5. The fourth-order valence-electron chi connectivity index (χ4n) is 8.26. The van der Waals surface area contributed by atoms with Gasteiger partial charge >= 0.3 is 0 Å². The van der Waals surface area contributed by atoms with Gasteiger partial charge in [0.1, 0.15) is 0 Å². The molecule has 1 spiro atoms. The third-order valence-corrected chi connectivity index (χ3v) is 10.2. The molecular formula is C46H33N. The van der Waals surface area contributed by atoms with Crippen molar-refractivity contribution in [1.29, 1.82) is 0 Å². The summed E-state index contributed by atoms with van der Waals surface area (Å²) in [6, 6.07) is 60.7. The normalized spacial score (nSPS) is 13.4. The topological polar surface area (TPSA) is 12.4 Å². The maximum atomic E-state index is 4.18. The first-order chi connectivity index (χ1) is 23.3. The van der Waals surface area contributed by atoms with E-state index in [4.69, 9.17) is 0 Å². The van der Waals surface area contributed by atoms with Gasteiger partial charge in [-0.15, -0.1) is 0 Å². The Kier molecular flexibility index (Phi) is 6.40. The van der Waals surface area contributed by atoms with E-state index in [0.29, 0.717) is 6.54 Å². The Morgan fingerprint density at radius 2 is 1.04 bits per heavy atom. The van der Waals surface area contributed by atoms with Gasteiger partial charge in [0.25, 0.3) is 0 Å². The Balaban J connectivity index is 1.25. The van der Waals surface area contributed by atoms with Crippen LogP contribution >= 0.6 is 0 Å². The summed E-state index contributed by atoms with van der Waals surface area (Å²) < 4.78 is 0. The number of hydrogen-bond acceptors (Lipinski definition) is 1. The summed E-state index contributed by atoms with van der Waals surface area (Å²) in [6.07, 6.45) is 0.933. The minimum atomic E-state index is -0.364. The second kappa shape index (κ2) is 10.9. The number of benzene rings is 7. The van der Waals surface area contributed by atoms with E-state index >= 15 is 0 Å². The van der Waals surface area contributed by atoms with Gasteiger partial charge in [-0.05, 0) is 115 Å². The van der Waals surface area contributed by atoms with E-state index in [1.165, 1.54) is 77.9 Å². The van der Waals surface area contributed by atoms with E-state index in [0.717, 1.165) is 12.0 Å². The maximum Gasteiger partial charge on any atom is 0.0719 e. The van der Waals surface area contributed by atoms with Gasteiger partial charge < -0.3 is 0 Å². The minimum absolute atomic E-state index is 0.364. The van der Waals surface area contributed by atoms with Crippen molar-refractivity contribution in [3.8, 4) is 44.5 Å². The molecule has 0 atom stereocenters. The molecule has 47 heavy (non-hydrogen) atoms. The van der Waals surface area contributed by atoms with Crippen LogP contribution in [0.3, 0.4) is 0 Å². The van der Waals surface area contributed by atoms with E-state index in [-0.39, 0.29) is 5.41 Å². The fraction of sp³-hybridized carbons (Fsp3) is 0.0652. The van der Waals surface area contributed by atoms with Gasteiger partial charge in [-0.2, -0.15) is 0 Å². The maximum absolute atomic E-state index is 4.18. The van der Waals surface area contributed by atoms with E-state index in [1.54, 1.807) is 0 Å². The predicted molar refractivity (Wildman–Crippen MR) is 196 cm³/mol. The molecule has 0 fully saturated rings. The van der Waals surface area contributed by atoms with Crippen molar-refractivity contribution < 1.29 is 0 Å². The highest BCUT2D eigenvalue weighted by Crippen LogP contribution is 2.59. The van der Waals surface area contributed by atoms with Crippen molar-refractivity contribution >= 4 is 6.72 Å². The van der Waals surface area contributed by atoms with E-state index in [1.807, 2.05) is 0 Å². The highest BCUT2D eigenvalue weighted by Gasteiger charge is 2.49. The number of fused-ring (bicyclic) bond motifs is 9. The van der Waals surface area contributed by atoms with E-state index in [9.17, 15) is 0 Å².